The Morgan fingerprint density at radius 2 is 1.90 bits per heavy atom. The molecule has 0 bridgehead atoms. The standard InChI is InChI=1S/C16H14N2O2/c19-15-3-1-2-11-10-12(4-5-14(11)15)16(20)18-13-6-8-17-9-7-13/h4-10H,1-3H2,(H,17,18,20). The summed E-state index contributed by atoms with van der Waals surface area (Å²) in [7, 11) is 0. The van der Waals surface area contributed by atoms with Crippen LogP contribution < -0.4 is 5.32 Å². The van der Waals surface area contributed by atoms with Crippen LogP contribution in [0.2, 0.25) is 0 Å². The van der Waals surface area contributed by atoms with E-state index in [2.05, 4.69) is 10.3 Å². The van der Waals surface area contributed by atoms with Crippen molar-refractivity contribution in [2.75, 3.05) is 5.32 Å². The molecule has 1 N–H and O–H groups in total. The van der Waals surface area contributed by atoms with Gasteiger partial charge in [0.05, 0.1) is 0 Å². The molecule has 0 aliphatic heterocycles. The first kappa shape index (κ1) is 12.5. The van der Waals surface area contributed by atoms with Gasteiger partial charge in [-0.1, -0.05) is 6.07 Å². The van der Waals surface area contributed by atoms with Gasteiger partial charge in [0.15, 0.2) is 5.78 Å². The molecule has 4 heteroatoms. The number of ketones is 1. The maximum Gasteiger partial charge on any atom is 0.255 e. The fraction of sp³-hybridized carbons (Fsp3) is 0.188. The van der Waals surface area contributed by atoms with Crippen LogP contribution in [-0.2, 0) is 6.42 Å². The van der Waals surface area contributed by atoms with Crippen molar-refractivity contribution in [1.29, 1.82) is 0 Å². The van der Waals surface area contributed by atoms with E-state index in [-0.39, 0.29) is 11.7 Å². The summed E-state index contributed by atoms with van der Waals surface area (Å²) in [5.74, 6) is 0.00404. The first-order valence-corrected chi connectivity index (χ1v) is 6.61. The molecule has 0 saturated carbocycles. The predicted octanol–water partition coefficient (Wildman–Crippen LogP) is 2.85. The van der Waals surface area contributed by atoms with E-state index in [1.807, 2.05) is 6.07 Å². The van der Waals surface area contributed by atoms with Crippen LogP contribution in [0.4, 0.5) is 5.69 Å². The molecule has 1 aliphatic carbocycles. The summed E-state index contributed by atoms with van der Waals surface area (Å²) in [5, 5.41) is 2.81. The van der Waals surface area contributed by atoms with Crippen LogP contribution in [0.1, 0.15) is 39.1 Å². The second-order valence-electron chi connectivity index (χ2n) is 4.84. The molecule has 1 aliphatic rings. The van der Waals surface area contributed by atoms with Gasteiger partial charge in [0.25, 0.3) is 5.91 Å². The van der Waals surface area contributed by atoms with Crippen molar-refractivity contribution < 1.29 is 9.59 Å². The minimum absolute atomic E-state index is 0.169. The number of Topliss-reactive ketones (excluding diaryl/α,β-unsaturated/α-hetero) is 1. The first-order valence-electron chi connectivity index (χ1n) is 6.61. The zero-order chi connectivity index (χ0) is 13.9. The highest BCUT2D eigenvalue weighted by Gasteiger charge is 2.18. The van der Waals surface area contributed by atoms with E-state index in [9.17, 15) is 9.59 Å². The maximum absolute atomic E-state index is 12.2. The third-order valence-electron chi connectivity index (χ3n) is 3.46. The SMILES string of the molecule is O=C(Nc1ccncc1)c1ccc2c(c1)CCCC2=O. The largest absolute Gasteiger partial charge is 0.322 e. The van der Waals surface area contributed by atoms with Crippen LogP contribution in [0.25, 0.3) is 0 Å². The number of amides is 1. The quantitative estimate of drug-likeness (QED) is 0.909. The summed E-state index contributed by atoms with van der Waals surface area (Å²) >= 11 is 0. The fourth-order valence-electron chi connectivity index (χ4n) is 2.43. The van der Waals surface area contributed by atoms with Crippen molar-refractivity contribution in [2.45, 2.75) is 19.3 Å². The predicted molar refractivity (Wildman–Crippen MR) is 75.9 cm³/mol. The monoisotopic (exact) mass is 266 g/mol. The molecule has 1 aromatic heterocycles. The molecule has 1 amide bonds. The van der Waals surface area contributed by atoms with E-state index in [1.54, 1.807) is 36.7 Å². The van der Waals surface area contributed by atoms with Crippen LogP contribution in [0.15, 0.2) is 42.7 Å². The summed E-state index contributed by atoms with van der Waals surface area (Å²) < 4.78 is 0. The average Bonchev–Trinajstić information content (AvgIpc) is 2.48. The van der Waals surface area contributed by atoms with Crippen molar-refractivity contribution in [2.24, 2.45) is 0 Å². The number of fused-ring (bicyclic) bond motifs is 1. The van der Waals surface area contributed by atoms with Crippen LogP contribution in [0.3, 0.4) is 0 Å². The highest BCUT2D eigenvalue weighted by atomic mass is 16.1. The number of pyridine rings is 1. The van der Waals surface area contributed by atoms with Gasteiger partial charge in [-0.2, -0.15) is 0 Å². The van der Waals surface area contributed by atoms with Gasteiger partial charge in [-0.05, 0) is 42.7 Å². The summed E-state index contributed by atoms with van der Waals surface area (Å²) in [6.45, 7) is 0. The lowest BCUT2D eigenvalue weighted by molar-refractivity contribution is 0.0969. The van der Waals surface area contributed by atoms with Crippen LogP contribution >= 0.6 is 0 Å². The zero-order valence-electron chi connectivity index (χ0n) is 10.9. The van der Waals surface area contributed by atoms with Crippen molar-refractivity contribution in [3.63, 3.8) is 0 Å². The number of aryl methyl sites for hydroxylation is 1. The topological polar surface area (TPSA) is 59.1 Å². The Labute approximate surface area is 116 Å². The van der Waals surface area contributed by atoms with Gasteiger partial charge >= 0.3 is 0 Å². The van der Waals surface area contributed by atoms with Crippen LogP contribution in [0, 0.1) is 0 Å². The second kappa shape index (κ2) is 5.25. The van der Waals surface area contributed by atoms with Crippen LogP contribution in [0.5, 0.6) is 0 Å². The smallest absolute Gasteiger partial charge is 0.255 e. The number of carbonyl (C=O) groups excluding carboxylic acids is 2. The Balaban J connectivity index is 1.84. The Hall–Kier alpha value is -2.49. The summed E-state index contributed by atoms with van der Waals surface area (Å²) in [6.07, 6.45) is 5.58. The molecular formula is C16H14N2O2. The molecule has 0 spiro atoms. The minimum Gasteiger partial charge on any atom is -0.322 e. The lowest BCUT2D eigenvalue weighted by Crippen LogP contribution is -2.15. The average molecular weight is 266 g/mol. The normalized spacial score (nSPS) is 13.7. The van der Waals surface area contributed by atoms with Crippen LogP contribution in [-0.4, -0.2) is 16.7 Å². The summed E-state index contributed by atoms with van der Waals surface area (Å²) in [5.41, 5.74) is 3.02. The van der Waals surface area contributed by atoms with E-state index < -0.39 is 0 Å². The molecular weight excluding hydrogens is 252 g/mol. The highest BCUT2D eigenvalue weighted by Crippen LogP contribution is 2.22. The Morgan fingerprint density at radius 3 is 2.70 bits per heavy atom. The molecule has 0 radical (unpaired) electrons. The third-order valence-corrected chi connectivity index (χ3v) is 3.46. The highest BCUT2D eigenvalue weighted by molar-refractivity contribution is 6.06. The Morgan fingerprint density at radius 1 is 1.10 bits per heavy atom. The molecule has 0 saturated heterocycles. The molecule has 0 unspecified atom stereocenters. The van der Waals surface area contributed by atoms with Gasteiger partial charge in [0.2, 0.25) is 0 Å². The number of carbonyl (C=O) groups is 2. The number of hydrogen-bond acceptors (Lipinski definition) is 3. The van der Waals surface area contributed by atoms with E-state index in [1.165, 1.54) is 0 Å². The van der Waals surface area contributed by atoms with Gasteiger partial charge < -0.3 is 5.32 Å². The van der Waals surface area contributed by atoms with Gasteiger partial charge in [-0.25, -0.2) is 0 Å². The van der Waals surface area contributed by atoms with E-state index in [0.29, 0.717) is 17.7 Å². The van der Waals surface area contributed by atoms with Crippen molar-refractivity contribution in [3.8, 4) is 0 Å². The molecule has 4 nitrogen and oxygen atoms in total. The lowest BCUT2D eigenvalue weighted by Gasteiger charge is -2.15. The number of anilines is 1. The van der Waals surface area contributed by atoms with Gasteiger partial charge in [0, 0.05) is 35.6 Å². The first-order chi connectivity index (χ1) is 9.74. The number of hydrogen-bond donors (Lipinski definition) is 1. The third kappa shape index (κ3) is 2.45. The molecule has 2 aromatic rings. The molecule has 20 heavy (non-hydrogen) atoms. The molecule has 1 aromatic carbocycles. The summed E-state index contributed by atoms with van der Waals surface area (Å²) in [4.78, 5) is 27.8. The molecule has 3 rings (SSSR count). The van der Waals surface area contributed by atoms with E-state index >= 15 is 0 Å². The number of rotatable bonds is 2. The number of nitrogens with zero attached hydrogens (tertiary/aromatic N) is 1. The maximum atomic E-state index is 12.2. The molecule has 100 valence electrons. The molecule has 0 fully saturated rings. The summed E-state index contributed by atoms with van der Waals surface area (Å²) in [6, 6.07) is 8.76. The van der Waals surface area contributed by atoms with Gasteiger partial charge in [-0.15, -0.1) is 0 Å². The van der Waals surface area contributed by atoms with Gasteiger partial charge in [-0.3, -0.25) is 14.6 Å². The number of nitrogens with one attached hydrogen (secondary N) is 1. The van der Waals surface area contributed by atoms with E-state index in [4.69, 9.17) is 0 Å². The Kier molecular flexibility index (Phi) is 3.29. The fourth-order valence-corrected chi connectivity index (χ4v) is 2.43. The van der Waals surface area contributed by atoms with Crippen molar-refractivity contribution in [3.05, 3.63) is 59.4 Å². The number of aromatic nitrogens is 1. The lowest BCUT2D eigenvalue weighted by atomic mass is 9.89. The zero-order valence-corrected chi connectivity index (χ0v) is 10.9. The van der Waals surface area contributed by atoms with E-state index in [0.717, 1.165) is 24.0 Å². The van der Waals surface area contributed by atoms with Gasteiger partial charge in [0.1, 0.15) is 0 Å². The minimum atomic E-state index is -0.169. The molecule has 0 atom stereocenters. The van der Waals surface area contributed by atoms with Crippen molar-refractivity contribution >= 4 is 17.4 Å². The second-order valence-corrected chi connectivity index (χ2v) is 4.84. The van der Waals surface area contributed by atoms with Crippen molar-refractivity contribution in [1.82, 2.24) is 4.98 Å². The Bertz CT molecular complexity index is 665. The number of benzene rings is 1. The molecule has 1 heterocycles.